The molecular weight excluding hydrogens is 222 g/mol. The predicted molar refractivity (Wildman–Crippen MR) is 74.2 cm³/mol. The van der Waals surface area contributed by atoms with Gasteiger partial charge in [0.05, 0.1) is 7.11 Å². The van der Waals surface area contributed by atoms with Crippen LogP contribution in [-0.4, -0.2) is 19.7 Å². The van der Waals surface area contributed by atoms with E-state index < -0.39 is 0 Å². The fourth-order valence-corrected chi connectivity index (χ4v) is 3.86. The molecule has 1 aliphatic carbocycles. The zero-order chi connectivity index (χ0) is 13.0. The van der Waals surface area contributed by atoms with E-state index in [0.29, 0.717) is 11.5 Å². The first kappa shape index (κ1) is 12.0. The van der Waals surface area contributed by atoms with Crippen LogP contribution in [0, 0.1) is 5.41 Å². The molecule has 18 heavy (non-hydrogen) atoms. The Morgan fingerprint density at radius 1 is 1.28 bits per heavy atom. The largest absolute Gasteiger partial charge is 0.497 e. The number of methoxy groups -OCH3 is 1. The van der Waals surface area contributed by atoms with E-state index in [1.165, 1.54) is 17.5 Å². The summed E-state index contributed by atoms with van der Waals surface area (Å²) in [6, 6.07) is 7.20. The Kier molecular flexibility index (Phi) is 2.50. The zero-order valence-electron chi connectivity index (χ0n) is 11.8. The fraction of sp³-hybridized carbons (Fsp3) is 0.625. The summed E-state index contributed by atoms with van der Waals surface area (Å²) >= 11 is 0. The molecule has 1 aliphatic heterocycles. The summed E-state index contributed by atoms with van der Waals surface area (Å²) in [7, 11) is 1.75. The highest BCUT2D eigenvalue weighted by atomic mass is 16.5. The maximum absolute atomic E-state index is 5.42. The number of piperidine rings is 1. The molecule has 1 N–H and O–H groups in total. The molecule has 1 saturated heterocycles. The van der Waals surface area contributed by atoms with Crippen LogP contribution in [0.3, 0.4) is 0 Å². The summed E-state index contributed by atoms with van der Waals surface area (Å²) in [4.78, 5) is 0. The molecule has 2 atom stereocenters. The third kappa shape index (κ3) is 1.38. The van der Waals surface area contributed by atoms with Crippen LogP contribution < -0.4 is 10.1 Å². The Bertz CT molecular complexity index is 480. The van der Waals surface area contributed by atoms with Crippen LogP contribution in [-0.2, 0) is 11.8 Å². The van der Waals surface area contributed by atoms with Gasteiger partial charge in [0.25, 0.3) is 0 Å². The molecular formula is C16H23NO. The minimum atomic E-state index is 0.255. The van der Waals surface area contributed by atoms with Crippen molar-refractivity contribution in [1.82, 2.24) is 5.32 Å². The number of hydrogen-bond donors (Lipinski definition) is 1. The Labute approximate surface area is 110 Å². The quantitative estimate of drug-likeness (QED) is 0.821. The molecule has 0 aromatic heterocycles. The van der Waals surface area contributed by atoms with Gasteiger partial charge in [-0.1, -0.05) is 26.8 Å². The molecule has 1 aromatic carbocycles. The van der Waals surface area contributed by atoms with Crippen molar-refractivity contribution in [3.05, 3.63) is 29.3 Å². The van der Waals surface area contributed by atoms with Crippen molar-refractivity contribution in [3.63, 3.8) is 0 Å². The Morgan fingerprint density at radius 3 is 2.78 bits per heavy atom. The standard InChI is InChI=1S/C16H23NO/c1-15(2)14-9-11-5-6-12(18-4)10-13(11)16(15,3)7-8-17-14/h5-6,10,14,17H,7-9H2,1-4H3. The van der Waals surface area contributed by atoms with Crippen LogP contribution in [0.15, 0.2) is 18.2 Å². The molecule has 0 saturated carbocycles. The Balaban J connectivity index is 2.19. The van der Waals surface area contributed by atoms with Gasteiger partial charge in [-0.05, 0) is 48.1 Å². The molecule has 0 amide bonds. The lowest BCUT2D eigenvalue weighted by atomic mass is 9.51. The summed E-state index contributed by atoms with van der Waals surface area (Å²) in [6.45, 7) is 8.37. The Morgan fingerprint density at radius 2 is 2.06 bits per heavy atom. The van der Waals surface area contributed by atoms with Gasteiger partial charge in [-0.15, -0.1) is 0 Å². The normalized spacial score (nSPS) is 32.8. The van der Waals surface area contributed by atoms with E-state index >= 15 is 0 Å². The molecule has 2 unspecified atom stereocenters. The lowest BCUT2D eigenvalue weighted by Gasteiger charge is -2.57. The van der Waals surface area contributed by atoms with Crippen LogP contribution in [0.1, 0.15) is 38.3 Å². The number of fused-ring (bicyclic) bond motifs is 4. The average Bonchev–Trinajstić information content (AvgIpc) is 2.33. The van der Waals surface area contributed by atoms with Crippen molar-refractivity contribution in [1.29, 1.82) is 0 Å². The molecule has 0 radical (unpaired) electrons. The third-order valence-corrected chi connectivity index (χ3v) is 5.64. The highest BCUT2D eigenvalue weighted by molar-refractivity contribution is 5.45. The van der Waals surface area contributed by atoms with E-state index in [9.17, 15) is 0 Å². The van der Waals surface area contributed by atoms with Gasteiger partial charge in [-0.3, -0.25) is 0 Å². The molecule has 0 spiro atoms. The second-order valence-electron chi connectivity index (χ2n) is 6.54. The fourth-order valence-electron chi connectivity index (χ4n) is 3.86. The van der Waals surface area contributed by atoms with Gasteiger partial charge in [-0.2, -0.15) is 0 Å². The van der Waals surface area contributed by atoms with E-state index in [1.807, 2.05) is 0 Å². The van der Waals surface area contributed by atoms with Crippen LogP contribution in [0.4, 0.5) is 0 Å². The summed E-state index contributed by atoms with van der Waals surface area (Å²) in [6.07, 6.45) is 2.35. The first-order chi connectivity index (χ1) is 8.49. The number of nitrogens with one attached hydrogen (secondary N) is 1. The lowest BCUT2D eigenvalue weighted by Crippen LogP contribution is -2.62. The van der Waals surface area contributed by atoms with Crippen molar-refractivity contribution in [3.8, 4) is 5.75 Å². The number of hydrogen-bond acceptors (Lipinski definition) is 2. The minimum Gasteiger partial charge on any atom is -0.497 e. The third-order valence-electron chi connectivity index (χ3n) is 5.64. The Hall–Kier alpha value is -1.02. The minimum absolute atomic E-state index is 0.255. The van der Waals surface area contributed by atoms with Crippen molar-refractivity contribution in [2.75, 3.05) is 13.7 Å². The SMILES string of the molecule is COc1ccc2c(c1)C1(C)CCNC(C2)C1(C)C. The van der Waals surface area contributed by atoms with Gasteiger partial charge in [0.2, 0.25) is 0 Å². The second-order valence-corrected chi connectivity index (χ2v) is 6.54. The van der Waals surface area contributed by atoms with Crippen LogP contribution in [0.5, 0.6) is 5.75 Å². The van der Waals surface area contributed by atoms with E-state index in [4.69, 9.17) is 4.74 Å². The van der Waals surface area contributed by atoms with Crippen molar-refractivity contribution >= 4 is 0 Å². The molecule has 98 valence electrons. The average molecular weight is 245 g/mol. The molecule has 2 nitrogen and oxygen atoms in total. The van der Waals surface area contributed by atoms with Crippen molar-refractivity contribution < 1.29 is 4.74 Å². The van der Waals surface area contributed by atoms with Gasteiger partial charge >= 0.3 is 0 Å². The highest BCUT2D eigenvalue weighted by Gasteiger charge is 2.53. The molecule has 2 heteroatoms. The monoisotopic (exact) mass is 245 g/mol. The van der Waals surface area contributed by atoms with Gasteiger partial charge < -0.3 is 10.1 Å². The lowest BCUT2D eigenvalue weighted by molar-refractivity contribution is 0.0557. The number of rotatable bonds is 1. The maximum atomic E-state index is 5.42. The first-order valence-electron chi connectivity index (χ1n) is 6.90. The van der Waals surface area contributed by atoms with Gasteiger partial charge in [0.1, 0.15) is 5.75 Å². The summed E-state index contributed by atoms with van der Waals surface area (Å²) < 4.78 is 5.42. The van der Waals surface area contributed by atoms with E-state index in [-0.39, 0.29) is 5.41 Å². The summed E-state index contributed by atoms with van der Waals surface area (Å²) in [5, 5.41) is 3.70. The summed E-state index contributed by atoms with van der Waals surface area (Å²) in [5.74, 6) is 0.989. The highest BCUT2D eigenvalue weighted by Crippen LogP contribution is 2.54. The molecule has 1 fully saturated rings. The molecule has 2 aliphatic rings. The number of benzene rings is 1. The zero-order valence-corrected chi connectivity index (χ0v) is 11.8. The van der Waals surface area contributed by atoms with Crippen molar-refractivity contribution in [2.45, 2.75) is 45.1 Å². The van der Waals surface area contributed by atoms with Gasteiger partial charge in [-0.25, -0.2) is 0 Å². The van der Waals surface area contributed by atoms with Crippen LogP contribution in [0.25, 0.3) is 0 Å². The van der Waals surface area contributed by atoms with Gasteiger partial charge in [0, 0.05) is 11.5 Å². The predicted octanol–water partition coefficient (Wildman–Crippen LogP) is 2.90. The molecule has 3 rings (SSSR count). The van der Waals surface area contributed by atoms with E-state index in [0.717, 1.165) is 18.7 Å². The van der Waals surface area contributed by atoms with E-state index in [2.05, 4.69) is 44.3 Å². The summed E-state index contributed by atoms with van der Waals surface area (Å²) in [5.41, 5.74) is 3.55. The topological polar surface area (TPSA) is 21.3 Å². The van der Waals surface area contributed by atoms with Gasteiger partial charge in [0.15, 0.2) is 0 Å². The van der Waals surface area contributed by atoms with Crippen LogP contribution in [0.2, 0.25) is 0 Å². The smallest absolute Gasteiger partial charge is 0.119 e. The molecule has 2 bridgehead atoms. The van der Waals surface area contributed by atoms with Crippen LogP contribution >= 0.6 is 0 Å². The van der Waals surface area contributed by atoms with E-state index in [1.54, 1.807) is 7.11 Å². The first-order valence-corrected chi connectivity index (χ1v) is 6.90. The van der Waals surface area contributed by atoms with Crippen molar-refractivity contribution in [2.24, 2.45) is 5.41 Å². The molecule has 1 heterocycles. The second kappa shape index (κ2) is 3.74. The number of ether oxygens (including phenoxy) is 1. The maximum Gasteiger partial charge on any atom is 0.119 e. The molecule has 1 aromatic rings.